The number of carbonyl (C=O) groups excluding carboxylic acids is 1. The third kappa shape index (κ3) is 3.87. The third-order valence-electron chi connectivity index (χ3n) is 11.2. The number of hydrogen-bond donors (Lipinski definition) is 1. The number of aliphatic hydroxyl groups is 1. The van der Waals surface area contributed by atoms with E-state index in [-0.39, 0.29) is 11.2 Å². The van der Waals surface area contributed by atoms with E-state index in [4.69, 9.17) is 0 Å². The zero-order chi connectivity index (χ0) is 22.6. The van der Waals surface area contributed by atoms with Gasteiger partial charge in [0.2, 0.25) is 0 Å². The average Bonchev–Trinajstić information content (AvgIpc) is 3.07. The predicted molar refractivity (Wildman–Crippen MR) is 129 cm³/mol. The van der Waals surface area contributed by atoms with Crippen LogP contribution in [0.2, 0.25) is 0 Å². The van der Waals surface area contributed by atoms with E-state index >= 15 is 0 Å². The molecular weight excluding hydrogens is 380 g/mol. The fourth-order valence-corrected chi connectivity index (χ4v) is 9.27. The molecule has 9 atom stereocenters. The van der Waals surface area contributed by atoms with Crippen LogP contribution in [0.5, 0.6) is 0 Å². The van der Waals surface area contributed by atoms with Gasteiger partial charge in [0.05, 0.1) is 6.10 Å². The summed E-state index contributed by atoms with van der Waals surface area (Å²) in [7, 11) is 0. The predicted octanol–water partition coefficient (Wildman–Crippen LogP) is 7.20. The number of carbonyl (C=O) groups is 1. The highest BCUT2D eigenvalue weighted by Gasteiger charge is 2.60. The van der Waals surface area contributed by atoms with Gasteiger partial charge in [-0.25, -0.2) is 0 Å². The van der Waals surface area contributed by atoms with Gasteiger partial charge in [-0.3, -0.25) is 4.79 Å². The number of ketones is 1. The molecule has 2 nitrogen and oxygen atoms in total. The van der Waals surface area contributed by atoms with Crippen LogP contribution in [0.4, 0.5) is 0 Å². The molecule has 0 bridgehead atoms. The summed E-state index contributed by atoms with van der Waals surface area (Å²) in [4.78, 5) is 12.1. The molecule has 0 aromatic rings. The largest absolute Gasteiger partial charge is 0.389 e. The van der Waals surface area contributed by atoms with E-state index in [0.29, 0.717) is 23.7 Å². The Morgan fingerprint density at radius 1 is 1.06 bits per heavy atom. The summed E-state index contributed by atoms with van der Waals surface area (Å²) in [6.07, 6.45) is 13.4. The lowest BCUT2D eigenvalue weighted by atomic mass is 9.46. The summed E-state index contributed by atoms with van der Waals surface area (Å²) in [5.74, 6) is 5.62. The molecule has 0 aromatic carbocycles. The molecule has 1 N–H and O–H groups in total. The Balaban J connectivity index is 1.51. The lowest BCUT2D eigenvalue weighted by Crippen LogP contribution is -2.54. The molecule has 31 heavy (non-hydrogen) atoms. The molecule has 9 unspecified atom stereocenters. The minimum Gasteiger partial charge on any atom is -0.389 e. The molecule has 176 valence electrons. The molecule has 0 spiro atoms. The molecule has 4 rings (SSSR count). The summed E-state index contributed by atoms with van der Waals surface area (Å²) >= 11 is 0. The molecule has 3 saturated carbocycles. The minimum absolute atomic E-state index is 0.0485. The van der Waals surface area contributed by atoms with Crippen molar-refractivity contribution in [2.75, 3.05) is 0 Å². The van der Waals surface area contributed by atoms with Crippen LogP contribution in [0.1, 0.15) is 106 Å². The minimum atomic E-state index is -0.398. The van der Waals surface area contributed by atoms with E-state index in [2.05, 4.69) is 41.5 Å². The first-order valence-corrected chi connectivity index (χ1v) is 13.5. The monoisotopic (exact) mass is 428 g/mol. The highest BCUT2D eigenvalue weighted by Crippen LogP contribution is 2.67. The topological polar surface area (TPSA) is 37.3 Å². The molecule has 0 radical (unpaired) electrons. The van der Waals surface area contributed by atoms with Crippen molar-refractivity contribution < 1.29 is 9.90 Å². The van der Waals surface area contributed by atoms with Gasteiger partial charge in [0.1, 0.15) is 0 Å². The maximum Gasteiger partial charge on any atom is 0.155 e. The molecule has 4 aliphatic carbocycles. The van der Waals surface area contributed by atoms with Crippen LogP contribution in [0.25, 0.3) is 0 Å². The molecule has 3 fully saturated rings. The second-order valence-corrected chi connectivity index (χ2v) is 12.8. The Hall–Kier alpha value is -0.630. The molecule has 0 saturated heterocycles. The van der Waals surface area contributed by atoms with Crippen molar-refractivity contribution in [2.45, 2.75) is 112 Å². The average molecular weight is 429 g/mol. The van der Waals surface area contributed by atoms with Gasteiger partial charge in [0, 0.05) is 6.42 Å². The van der Waals surface area contributed by atoms with Gasteiger partial charge in [0.25, 0.3) is 0 Å². The van der Waals surface area contributed by atoms with E-state index in [1.54, 1.807) is 0 Å². The SMILES string of the molecule is CCC(CCC(C)C1CCC2C3CC(O)C4=CC(=O)CCC4(C)C3CCC12C)C(C)C. The van der Waals surface area contributed by atoms with Gasteiger partial charge in [-0.1, -0.05) is 54.4 Å². The number of hydrogen-bond acceptors (Lipinski definition) is 2. The van der Waals surface area contributed by atoms with Crippen molar-refractivity contribution in [2.24, 2.45) is 52.3 Å². The van der Waals surface area contributed by atoms with Crippen molar-refractivity contribution in [1.82, 2.24) is 0 Å². The van der Waals surface area contributed by atoms with Gasteiger partial charge >= 0.3 is 0 Å². The maximum absolute atomic E-state index is 12.1. The number of fused-ring (bicyclic) bond motifs is 5. The Labute approximate surface area is 191 Å². The van der Waals surface area contributed by atoms with Crippen molar-refractivity contribution in [3.05, 3.63) is 11.6 Å². The van der Waals surface area contributed by atoms with E-state index in [1.807, 2.05) is 6.08 Å². The fraction of sp³-hybridized carbons (Fsp3) is 0.897. The summed E-state index contributed by atoms with van der Waals surface area (Å²) in [5, 5.41) is 11.1. The van der Waals surface area contributed by atoms with Crippen LogP contribution in [0, 0.1) is 52.3 Å². The first kappa shape index (κ1) is 23.5. The van der Waals surface area contributed by atoms with E-state index in [9.17, 15) is 9.90 Å². The van der Waals surface area contributed by atoms with Gasteiger partial charge in [0.15, 0.2) is 5.78 Å². The zero-order valence-corrected chi connectivity index (χ0v) is 21.1. The van der Waals surface area contributed by atoms with Crippen molar-refractivity contribution in [3.63, 3.8) is 0 Å². The summed E-state index contributed by atoms with van der Waals surface area (Å²) < 4.78 is 0. The highest BCUT2D eigenvalue weighted by atomic mass is 16.3. The molecule has 0 heterocycles. The van der Waals surface area contributed by atoms with Crippen LogP contribution in [0.3, 0.4) is 0 Å². The standard InChI is InChI=1S/C29H48O2/c1-7-20(18(2)3)9-8-19(4)23-10-11-24-22-17-27(31)26-16-21(30)12-14-29(26,6)25(22)13-15-28(23,24)5/h16,18-20,22-25,27,31H,7-15,17H2,1-6H3. The number of rotatable bonds is 6. The Kier molecular flexibility index (Phi) is 6.54. The Bertz CT molecular complexity index is 708. The Morgan fingerprint density at radius 2 is 1.81 bits per heavy atom. The van der Waals surface area contributed by atoms with Crippen LogP contribution < -0.4 is 0 Å². The second kappa shape index (κ2) is 8.62. The molecule has 0 aromatic heterocycles. The molecule has 2 heteroatoms. The second-order valence-electron chi connectivity index (χ2n) is 12.8. The zero-order valence-electron chi connectivity index (χ0n) is 21.1. The molecule has 0 aliphatic heterocycles. The summed E-state index contributed by atoms with van der Waals surface area (Å²) in [5.41, 5.74) is 1.57. The van der Waals surface area contributed by atoms with Crippen molar-refractivity contribution in [1.29, 1.82) is 0 Å². The molecule has 0 amide bonds. The maximum atomic E-state index is 12.1. The molecule has 4 aliphatic rings. The quantitative estimate of drug-likeness (QED) is 0.485. The Morgan fingerprint density at radius 3 is 2.48 bits per heavy atom. The van der Waals surface area contributed by atoms with Gasteiger partial charge in [-0.15, -0.1) is 0 Å². The van der Waals surface area contributed by atoms with Gasteiger partial charge in [-0.05, 0) is 109 Å². The number of aliphatic hydroxyl groups excluding tert-OH is 1. The third-order valence-corrected chi connectivity index (χ3v) is 11.2. The highest BCUT2D eigenvalue weighted by molar-refractivity contribution is 5.91. The first-order chi connectivity index (χ1) is 14.6. The van der Waals surface area contributed by atoms with E-state index in [1.165, 1.54) is 44.9 Å². The first-order valence-electron chi connectivity index (χ1n) is 13.5. The smallest absolute Gasteiger partial charge is 0.155 e. The summed E-state index contributed by atoms with van der Waals surface area (Å²) in [6, 6.07) is 0. The van der Waals surface area contributed by atoms with Crippen LogP contribution in [-0.4, -0.2) is 17.0 Å². The van der Waals surface area contributed by atoms with Crippen molar-refractivity contribution >= 4 is 5.78 Å². The van der Waals surface area contributed by atoms with Gasteiger partial charge < -0.3 is 5.11 Å². The van der Waals surface area contributed by atoms with Crippen LogP contribution >= 0.6 is 0 Å². The van der Waals surface area contributed by atoms with Crippen LogP contribution in [-0.2, 0) is 4.79 Å². The summed E-state index contributed by atoms with van der Waals surface area (Å²) in [6.45, 7) is 14.7. The lowest BCUT2D eigenvalue weighted by molar-refractivity contribution is -0.119. The normalized spacial score (nSPS) is 44.3. The van der Waals surface area contributed by atoms with Crippen LogP contribution in [0.15, 0.2) is 11.6 Å². The fourth-order valence-electron chi connectivity index (χ4n) is 9.27. The van der Waals surface area contributed by atoms with Crippen molar-refractivity contribution in [3.8, 4) is 0 Å². The van der Waals surface area contributed by atoms with E-state index < -0.39 is 6.10 Å². The molecular formula is C29H48O2. The van der Waals surface area contributed by atoms with Gasteiger partial charge in [-0.2, -0.15) is 0 Å². The lowest BCUT2D eigenvalue weighted by Gasteiger charge is -2.59. The van der Waals surface area contributed by atoms with E-state index in [0.717, 1.165) is 48.0 Å².